The quantitative estimate of drug-likeness (QED) is 0.906. The second kappa shape index (κ2) is 6.29. The van der Waals surface area contributed by atoms with E-state index in [2.05, 4.69) is 15.3 Å². The summed E-state index contributed by atoms with van der Waals surface area (Å²) < 4.78 is 16.3. The fourth-order valence-electron chi connectivity index (χ4n) is 1.62. The molecule has 19 heavy (non-hydrogen) atoms. The van der Waals surface area contributed by atoms with Gasteiger partial charge in [0.15, 0.2) is 0 Å². The molecule has 1 atom stereocenters. The number of rotatable bonds is 5. The summed E-state index contributed by atoms with van der Waals surface area (Å²) in [6, 6.07) is 9.38. The summed E-state index contributed by atoms with van der Waals surface area (Å²) in [6.07, 6.45) is 3.31. The Hall–Kier alpha value is -1.95. The molecule has 0 saturated heterocycles. The Kier molecular flexibility index (Phi) is 4.46. The lowest BCUT2D eigenvalue weighted by atomic mass is 10.2. The first kappa shape index (κ1) is 13.5. The average molecular weight is 277 g/mol. The van der Waals surface area contributed by atoms with E-state index in [-0.39, 0.29) is 0 Å². The maximum atomic E-state index is 11.2. The Bertz CT molecular complexity index is 590. The standard InChI is InChI=1S/C13H15N3O2S/c1-18-12-6-7-14-13(16-12)15-11-5-3-4-10(8-11)9-19(2)17/h3-8H,9H2,1-2H3,(H,14,15,16). The minimum Gasteiger partial charge on any atom is -0.481 e. The van der Waals surface area contributed by atoms with Crippen LogP contribution in [0.1, 0.15) is 5.56 Å². The van der Waals surface area contributed by atoms with E-state index in [0.29, 0.717) is 17.6 Å². The van der Waals surface area contributed by atoms with Gasteiger partial charge in [0.2, 0.25) is 11.8 Å². The summed E-state index contributed by atoms with van der Waals surface area (Å²) in [5.74, 6) is 1.51. The second-order valence-electron chi connectivity index (χ2n) is 3.97. The maximum absolute atomic E-state index is 11.2. The topological polar surface area (TPSA) is 64.1 Å². The van der Waals surface area contributed by atoms with Gasteiger partial charge in [0.05, 0.1) is 7.11 Å². The van der Waals surface area contributed by atoms with Crippen LogP contribution in [0.5, 0.6) is 5.88 Å². The van der Waals surface area contributed by atoms with E-state index < -0.39 is 10.8 Å². The molecule has 0 aliphatic rings. The average Bonchev–Trinajstić information content (AvgIpc) is 2.38. The zero-order chi connectivity index (χ0) is 13.7. The van der Waals surface area contributed by atoms with E-state index >= 15 is 0 Å². The van der Waals surface area contributed by atoms with Crippen molar-refractivity contribution in [3.63, 3.8) is 0 Å². The normalized spacial score (nSPS) is 11.9. The number of hydrogen-bond donors (Lipinski definition) is 1. The predicted octanol–water partition coefficient (Wildman–Crippen LogP) is 2.11. The molecule has 2 rings (SSSR count). The number of methoxy groups -OCH3 is 1. The zero-order valence-corrected chi connectivity index (χ0v) is 11.6. The molecule has 0 spiro atoms. The molecule has 6 heteroatoms. The fourth-order valence-corrected chi connectivity index (χ4v) is 2.27. The largest absolute Gasteiger partial charge is 0.481 e. The Labute approximate surface area is 114 Å². The van der Waals surface area contributed by atoms with Gasteiger partial charge in [-0.2, -0.15) is 4.98 Å². The molecule has 0 aliphatic heterocycles. The number of hydrogen-bond acceptors (Lipinski definition) is 5. The van der Waals surface area contributed by atoms with Gasteiger partial charge in [-0.05, 0) is 17.7 Å². The van der Waals surface area contributed by atoms with Crippen molar-refractivity contribution in [3.8, 4) is 5.88 Å². The van der Waals surface area contributed by atoms with Crippen molar-refractivity contribution >= 4 is 22.4 Å². The van der Waals surface area contributed by atoms with E-state index in [1.807, 2.05) is 24.3 Å². The van der Waals surface area contributed by atoms with E-state index in [9.17, 15) is 4.21 Å². The summed E-state index contributed by atoms with van der Waals surface area (Å²) in [7, 11) is 0.703. The lowest BCUT2D eigenvalue weighted by Gasteiger charge is -2.07. The summed E-state index contributed by atoms with van der Waals surface area (Å²) in [4.78, 5) is 8.28. The molecule has 0 aliphatic carbocycles. The van der Waals surface area contributed by atoms with Gasteiger partial charge in [0, 0.05) is 40.8 Å². The van der Waals surface area contributed by atoms with E-state index in [0.717, 1.165) is 11.3 Å². The van der Waals surface area contributed by atoms with E-state index in [1.54, 1.807) is 25.6 Å². The van der Waals surface area contributed by atoms with Crippen molar-refractivity contribution in [1.82, 2.24) is 9.97 Å². The smallest absolute Gasteiger partial charge is 0.230 e. The summed E-state index contributed by atoms with van der Waals surface area (Å²) >= 11 is 0. The van der Waals surface area contributed by atoms with Crippen LogP contribution in [0.4, 0.5) is 11.6 Å². The number of nitrogens with zero attached hydrogens (tertiary/aromatic N) is 2. The highest BCUT2D eigenvalue weighted by molar-refractivity contribution is 7.83. The van der Waals surface area contributed by atoms with Gasteiger partial charge in [0.1, 0.15) is 0 Å². The molecular formula is C13H15N3O2S. The maximum Gasteiger partial charge on any atom is 0.230 e. The number of aromatic nitrogens is 2. The van der Waals surface area contributed by atoms with Gasteiger partial charge in [-0.15, -0.1) is 0 Å². The lowest BCUT2D eigenvalue weighted by molar-refractivity contribution is 0.397. The zero-order valence-electron chi connectivity index (χ0n) is 10.8. The molecule has 1 aromatic carbocycles. The van der Waals surface area contributed by atoms with Gasteiger partial charge in [-0.1, -0.05) is 12.1 Å². The molecule has 0 bridgehead atoms. The highest BCUT2D eigenvalue weighted by Gasteiger charge is 2.02. The number of nitrogens with one attached hydrogen (secondary N) is 1. The van der Waals surface area contributed by atoms with Crippen LogP contribution in [0.25, 0.3) is 0 Å². The van der Waals surface area contributed by atoms with Gasteiger partial charge < -0.3 is 10.1 Å². The summed E-state index contributed by atoms with van der Waals surface area (Å²) in [6.45, 7) is 0. The number of ether oxygens (including phenoxy) is 1. The molecule has 1 N–H and O–H groups in total. The van der Waals surface area contributed by atoms with Crippen molar-refractivity contribution in [2.24, 2.45) is 0 Å². The van der Waals surface area contributed by atoms with Crippen LogP contribution in [0.15, 0.2) is 36.5 Å². The lowest BCUT2D eigenvalue weighted by Crippen LogP contribution is -1.99. The molecule has 1 aromatic heterocycles. The van der Waals surface area contributed by atoms with E-state index in [1.165, 1.54) is 0 Å². The van der Waals surface area contributed by atoms with Gasteiger partial charge in [-0.25, -0.2) is 4.98 Å². The summed E-state index contributed by atoms with van der Waals surface area (Å²) in [5, 5.41) is 3.09. The van der Waals surface area contributed by atoms with Crippen LogP contribution < -0.4 is 10.1 Å². The highest BCUT2D eigenvalue weighted by atomic mass is 32.2. The second-order valence-corrected chi connectivity index (χ2v) is 5.40. The Morgan fingerprint density at radius 3 is 2.95 bits per heavy atom. The summed E-state index contributed by atoms with van der Waals surface area (Å²) in [5.41, 5.74) is 1.87. The Morgan fingerprint density at radius 2 is 2.21 bits per heavy atom. The van der Waals surface area contributed by atoms with Gasteiger partial charge >= 0.3 is 0 Å². The molecule has 0 fully saturated rings. The minimum atomic E-state index is -0.855. The first-order chi connectivity index (χ1) is 9.17. The highest BCUT2D eigenvalue weighted by Crippen LogP contribution is 2.17. The molecule has 1 heterocycles. The molecule has 0 saturated carbocycles. The van der Waals surface area contributed by atoms with Crippen LogP contribution in [0.2, 0.25) is 0 Å². The van der Waals surface area contributed by atoms with Crippen molar-refractivity contribution in [2.45, 2.75) is 5.75 Å². The molecular weight excluding hydrogens is 262 g/mol. The van der Waals surface area contributed by atoms with Crippen molar-refractivity contribution in [1.29, 1.82) is 0 Å². The van der Waals surface area contributed by atoms with Crippen LogP contribution in [-0.4, -0.2) is 27.5 Å². The third-order valence-corrected chi connectivity index (χ3v) is 3.13. The molecule has 5 nitrogen and oxygen atoms in total. The molecule has 2 aromatic rings. The Balaban J connectivity index is 2.15. The molecule has 0 amide bonds. The third-order valence-electron chi connectivity index (χ3n) is 2.39. The van der Waals surface area contributed by atoms with Crippen LogP contribution in [0, 0.1) is 0 Å². The molecule has 100 valence electrons. The first-order valence-corrected chi connectivity index (χ1v) is 7.43. The van der Waals surface area contributed by atoms with Crippen molar-refractivity contribution < 1.29 is 8.95 Å². The molecule has 1 unspecified atom stereocenters. The Morgan fingerprint density at radius 1 is 1.37 bits per heavy atom. The van der Waals surface area contributed by atoms with E-state index in [4.69, 9.17) is 4.74 Å². The third kappa shape index (κ3) is 4.03. The SMILES string of the molecule is COc1ccnc(Nc2cccc(CS(C)=O)c2)n1. The van der Waals surface area contributed by atoms with Gasteiger partial charge in [0.25, 0.3) is 0 Å². The van der Waals surface area contributed by atoms with Crippen molar-refractivity contribution in [3.05, 3.63) is 42.1 Å². The predicted molar refractivity (Wildman–Crippen MR) is 76.1 cm³/mol. The van der Waals surface area contributed by atoms with Crippen LogP contribution >= 0.6 is 0 Å². The fraction of sp³-hybridized carbons (Fsp3) is 0.231. The van der Waals surface area contributed by atoms with Crippen LogP contribution in [-0.2, 0) is 16.6 Å². The number of benzene rings is 1. The minimum absolute atomic E-state index is 0.467. The monoisotopic (exact) mass is 277 g/mol. The molecule has 0 radical (unpaired) electrons. The van der Waals surface area contributed by atoms with Crippen LogP contribution in [0.3, 0.4) is 0 Å². The van der Waals surface area contributed by atoms with Gasteiger partial charge in [-0.3, -0.25) is 4.21 Å². The van der Waals surface area contributed by atoms with Crippen molar-refractivity contribution in [2.75, 3.05) is 18.7 Å². The first-order valence-electron chi connectivity index (χ1n) is 5.70. The number of anilines is 2.